The number of ether oxygens (including phenoxy) is 1. The van der Waals surface area contributed by atoms with Crippen molar-refractivity contribution in [2.75, 3.05) is 18.5 Å². The van der Waals surface area contributed by atoms with Crippen LogP contribution in [0.15, 0.2) is 36.7 Å². The predicted octanol–water partition coefficient (Wildman–Crippen LogP) is 2.86. The van der Waals surface area contributed by atoms with Gasteiger partial charge in [-0.05, 0) is 30.0 Å². The van der Waals surface area contributed by atoms with Crippen molar-refractivity contribution in [3.63, 3.8) is 0 Å². The van der Waals surface area contributed by atoms with E-state index in [9.17, 15) is 9.18 Å². The summed E-state index contributed by atoms with van der Waals surface area (Å²) in [6, 6.07) is 5.87. The summed E-state index contributed by atoms with van der Waals surface area (Å²) in [5.41, 5.74) is 0.907. The number of carbonyl (C=O) groups is 1. The molecule has 1 aromatic carbocycles. The van der Waals surface area contributed by atoms with Crippen molar-refractivity contribution in [2.45, 2.75) is 32.9 Å². The van der Waals surface area contributed by atoms with Crippen LogP contribution in [0, 0.1) is 11.7 Å². The number of hydrogen-bond donors (Lipinski definition) is 1. The van der Waals surface area contributed by atoms with Gasteiger partial charge in [0.2, 0.25) is 11.8 Å². The summed E-state index contributed by atoms with van der Waals surface area (Å²) in [4.78, 5) is 22.8. The maximum absolute atomic E-state index is 13.0. The Labute approximate surface area is 152 Å². The van der Waals surface area contributed by atoms with E-state index in [0.29, 0.717) is 43.7 Å². The van der Waals surface area contributed by atoms with Gasteiger partial charge >= 0.3 is 0 Å². The molecule has 1 aliphatic heterocycles. The molecule has 1 fully saturated rings. The topological polar surface area (TPSA) is 67.3 Å². The Morgan fingerprint density at radius 3 is 2.81 bits per heavy atom. The van der Waals surface area contributed by atoms with Crippen LogP contribution in [-0.4, -0.2) is 40.0 Å². The van der Waals surface area contributed by atoms with Crippen molar-refractivity contribution in [3.8, 4) is 5.88 Å². The van der Waals surface area contributed by atoms with Crippen molar-refractivity contribution in [1.82, 2.24) is 14.9 Å². The van der Waals surface area contributed by atoms with Crippen molar-refractivity contribution in [1.29, 1.82) is 0 Å². The Balaban J connectivity index is 1.58. The summed E-state index contributed by atoms with van der Waals surface area (Å²) >= 11 is 0. The lowest BCUT2D eigenvalue weighted by Crippen LogP contribution is -2.33. The van der Waals surface area contributed by atoms with Crippen molar-refractivity contribution < 1.29 is 13.9 Å². The van der Waals surface area contributed by atoms with Crippen molar-refractivity contribution in [2.24, 2.45) is 5.92 Å². The zero-order valence-corrected chi connectivity index (χ0v) is 15.0. The summed E-state index contributed by atoms with van der Waals surface area (Å²) in [5.74, 6) is 1.08. The first kappa shape index (κ1) is 18.1. The molecule has 138 valence electrons. The molecule has 0 saturated carbocycles. The highest BCUT2D eigenvalue weighted by Crippen LogP contribution is 2.19. The molecule has 2 aromatic rings. The van der Waals surface area contributed by atoms with E-state index in [-0.39, 0.29) is 17.8 Å². The number of aromatic nitrogens is 2. The van der Waals surface area contributed by atoms with Crippen molar-refractivity contribution >= 4 is 11.7 Å². The van der Waals surface area contributed by atoms with Crippen LogP contribution in [0.3, 0.4) is 0 Å². The average Bonchev–Trinajstić information content (AvgIpc) is 2.96. The van der Waals surface area contributed by atoms with Gasteiger partial charge in [-0.25, -0.2) is 4.39 Å². The van der Waals surface area contributed by atoms with E-state index < -0.39 is 0 Å². The number of nitrogens with one attached hydrogen (secondary N) is 1. The van der Waals surface area contributed by atoms with Gasteiger partial charge in [-0.3, -0.25) is 9.78 Å². The monoisotopic (exact) mass is 358 g/mol. The first-order chi connectivity index (χ1) is 12.5. The zero-order chi connectivity index (χ0) is 18.5. The van der Waals surface area contributed by atoms with E-state index in [0.717, 1.165) is 5.56 Å². The molecule has 26 heavy (non-hydrogen) atoms. The molecule has 0 bridgehead atoms. The third-order valence-electron chi connectivity index (χ3n) is 4.08. The van der Waals surface area contributed by atoms with Crippen LogP contribution in [0.2, 0.25) is 0 Å². The van der Waals surface area contributed by atoms with E-state index in [1.807, 2.05) is 0 Å². The smallest absolute Gasteiger partial charge is 0.245 e. The summed E-state index contributed by atoms with van der Waals surface area (Å²) in [6.07, 6.45) is 3.82. The summed E-state index contributed by atoms with van der Waals surface area (Å²) in [7, 11) is 0. The first-order valence-electron chi connectivity index (χ1n) is 8.76. The number of nitrogens with zero attached hydrogens (tertiary/aromatic N) is 3. The second-order valence-corrected chi connectivity index (χ2v) is 6.82. The maximum atomic E-state index is 13.0. The lowest BCUT2D eigenvalue weighted by molar-refractivity contribution is -0.128. The lowest BCUT2D eigenvalue weighted by Gasteiger charge is -2.17. The van der Waals surface area contributed by atoms with E-state index in [1.54, 1.807) is 29.4 Å². The molecule has 1 N–H and O–H groups in total. The molecule has 0 aliphatic carbocycles. The van der Waals surface area contributed by atoms with Crippen LogP contribution in [0.25, 0.3) is 0 Å². The second-order valence-electron chi connectivity index (χ2n) is 6.82. The van der Waals surface area contributed by atoms with E-state index in [2.05, 4.69) is 29.1 Å². The van der Waals surface area contributed by atoms with Crippen LogP contribution in [0.1, 0.15) is 25.8 Å². The molecule has 6 nitrogen and oxygen atoms in total. The van der Waals surface area contributed by atoms with Gasteiger partial charge in [0.05, 0.1) is 19.0 Å². The molecule has 3 rings (SSSR count). The standard InChI is InChI=1S/C19H23FN4O2/c1-13(2)12-26-18-10-21-9-17(23-18)22-16-7-8-24(19(16)25)11-14-3-5-15(20)6-4-14/h3-6,9-10,13,16H,7-8,11-12H2,1-2H3,(H,22,23). The third kappa shape index (κ3) is 4.68. The summed E-state index contributed by atoms with van der Waals surface area (Å²) in [5, 5.41) is 3.14. The highest BCUT2D eigenvalue weighted by molar-refractivity contribution is 5.86. The molecule has 7 heteroatoms. The van der Waals surface area contributed by atoms with E-state index >= 15 is 0 Å². The molecular weight excluding hydrogens is 335 g/mol. The molecule has 1 atom stereocenters. The van der Waals surface area contributed by atoms with Gasteiger partial charge in [0.1, 0.15) is 17.7 Å². The Hall–Kier alpha value is -2.70. The van der Waals surface area contributed by atoms with Gasteiger partial charge in [0, 0.05) is 13.1 Å². The molecule has 1 unspecified atom stereocenters. The molecule has 0 spiro atoms. The molecule has 1 saturated heterocycles. The van der Waals surface area contributed by atoms with Crippen molar-refractivity contribution in [3.05, 3.63) is 48.0 Å². The minimum Gasteiger partial charge on any atom is -0.476 e. The van der Waals surface area contributed by atoms with Gasteiger partial charge in [-0.15, -0.1) is 0 Å². The van der Waals surface area contributed by atoms with Crippen LogP contribution < -0.4 is 10.1 Å². The summed E-state index contributed by atoms with van der Waals surface area (Å²) < 4.78 is 18.6. The Bertz CT molecular complexity index is 751. The van der Waals surface area contributed by atoms with E-state index in [1.165, 1.54) is 12.1 Å². The molecule has 0 radical (unpaired) electrons. The molecule has 1 aromatic heterocycles. The third-order valence-corrected chi connectivity index (χ3v) is 4.08. The highest BCUT2D eigenvalue weighted by atomic mass is 19.1. The van der Waals surface area contributed by atoms with Gasteiger partial charge in [-0.2, -0.15) is 4.98 Å². The fourth-order valence-electron chi connectivity index (χ4n) is 2.76. The fraction of sp³-hybridized carbons (Fsp3) is 0.421. The minimum absolute atomic E-state index is 0.00428. The SMILES string of the molecule is CC(C)COc1cncc(NC2CCN(Cc3ccc(F)cc3)C2=O)n1. The summed E-state index contributed by atoms with van der Waals surface area (Å²) in [6.45, 7) is 5.79. The van der Waals surface area contributed by atoms with Crippen LogP contribution in [0.4, 0.5) is 10.2 Å². The van der Waals surface area contributed by atoms with Gasteiger partial charge in [0.25, 0.3) is 0 Å². The molecular formula is C19H23FN4O2. The predicted molar refractivity (Wildman–Crippen MR) is 96.2 cm³/mol. The largest absolute Gasteiger partial charge is 0.476 e. The lowest BCUT2D eigenvalue weighted by atomic mass is 10.2. The quantitative estimate of drug-likeness (QED) is 0.824. The number of rotatable bonds is 7. The van der Waals surface area contributed by atoms with Crippen LogP contribution >= 0.6 is 0 Å². The Morgan fingerprint density at radius 2 is 2.08 bits per heavy atom. The number of anilines is 1. The fourth-order valence-corrected chi connectivity index (χ4v) is 2.76. The molecule has 2 heterocycles. The van der Waals surface area contributed by atoms with Gasteiger partial charge < -0.3 is 15.0 Å². The first-order valence-corrected chi connectivity index (χ1v) is 8.76. The zero-order valence-electron chi connectivity index (χ0n) is 15.0. The highest BCUT2D eigenvalue weighted by Gasteiger charge is 2.31. The van der Waals surface area contributed by atoms with Gasteiger partial charge in [0.15, 0.2) is 0 Å². The minimum atomic E-state index is -0.343. The van der Waals surface area contributed by atoms with E-state index in [4.69, 9.17) is 4.74 Å². The number of halogens is 1. The van der Waals surface area contributed by atoms with Crippen LogP contribution in [-0.2, 0) is 11.3 Å². The number of likely N-dealkylation sites (tertiary alicyclic amines) is 1. The number of benzene rings is 1. The second kappa shape index (κ2) is 8.12. The number of amides is 1. The van der Waals surface area contributed by atoms with Gasteiger partial charge in [-0.1, -0.05) is 26.0 Å². The average molecular weight is 358 g/mol. The molecule has 1 amide bonds. The van der Waals surface area contributed by atoms with Crippen LogP contribution in [0.5, 0.6) is 5.88 Å². The maximum Gasteiger partial charge on any atom is 0.245 e. The normalized spacial score (nSPS) is 17.0. The Kier molecular flexibility index (Phi) is 5.65. The number of carbonyl (C=O) groups excluding carboxylic acids is 1. The number of hydrogen-bond acceptors (Lipinski definition) is 5. The molecule has 1 aliphatic rings. The Morgan fingerprint density at radius 1 is 1.31 bits per heavy atom.